The Labute approximate surface area is 118 Å². The van der Waals surface area contributed by atoms with E-state index in [1.807, 2.05) is 30.3 Å². The Morgan fingerprint density at radius 3 is 2.25 bits per heavy atom. The quantitative estimate of drug-likeness (QED) is 0.878. The zero-order valence-electron chi connectivity index (χ0n) is 11.9. The first-order chi connectivity index (χ1) is 9.71. The summed E-state index contributed by atoms with van der Waals surface area (Å²) in [6.45, 7) is 0.412. The molecule has 0 fully saturated rings. The standard InChI is InChI=1S/C15H19NO4/c1-17-9-10-7-8-13(20-10)15(16)14-11(18-2)5-4-6-12(14)19-3/h4-8,15H,9,16H2,1-3H3. The Bertz CT molecular complexity index is 543. The number of hydrogen-bond acceptors (Lipinski definition) is 5. The van der Waals surface area contributed by atoms with Crippen LogP contribution in [0.4, 0.5) is 0 Å². The van der Waals surface area contributed by atoms with E-state index >= 15 is 0 Å². The van der Waals surface area contributed by atoms with E-state index in [-0.39, 0.29) is 0 Å². The molecule has 108 valence electrons. The van der Waals surface area contributed by atoms with Gasteiger partial charge in [0.15, 0.2) is 0 Å². The number of furan rings is 1. The van der Waals surface area contributed by atoms with Gasteiger partial charge in [0.2, 0.25) is 0 Å². The van der Waals surface area contributed by atoms with Crippen molar-refractivity contribution in [2.75, 3.05) is 21.3 Å². The Morgan fingerprint density at radius 1 is 1.05 bits per heavy atom. The highest BCUT2D eigenvalue weighted by Crippen LogP contribution is 2.36. The maximum atomic E-state index is 6.28. The van der Waals surface area contributed by atoms with E-state index in [4.69, 9.17) is 24.4 Å². The molecule has 1 aromatic heterocycles. The SMILES string of the molecule is COCc1ccc(C(N)c2c(OC)cccc2OC)o1. The van der Waals surface area contributed by atoms with Crippen LogP contribution in [0.1, 0.15) is 23.1 Å². The minimum absolute atomic E-state index is 0.412. The van der Waals surface area contributed by atoms with Crippen LogP contribution in [-0.4, -0.2) is 21.3 Å². The van der Waals surface area contributed by atoms with Crippen LogP contribution in [0, 0.1) is 0 Å². The van der Waals surface area contributed by atoms with Gasteiger partial charge in [-0.25, -0.2) is 0 Å². The molecule has 0 aliphatic rings. The summed E-state index contributed by atoms with van der Waals surface area (Å²) in [5, 5.41) is 0. The Kier molecular flexibility index (Phi) is 4.65. The fourth-order valence-electron chi connectivity index (χ4n) is 2.11. The lowest BCUT2D eigenvalue weighted by molar-refractivity contribution is 0.162. The molecule has 1 unspecified atom stereocenters. The molecule has 20 heavy (non-hydrogen) atoms. The van der Waals surface area contributed by atoms with Gasteiger partial charge in [-0.2, -0.15) is 0 Å². The van der Waals surface area contributed by atoms with Crippen molar-refractivity contribution >= 4 is 0 Å². The molecule has 0 aliphatic carbocycles. The summed E-state index contributed by atoms with van der Waals surface area (Å²) >= 11 is 0. The third-order valence-electron chi connectivity index (χ3n) is 3.05. The minimum Gasteiger partial charge on any atom is -0.496 e. The number of rotatable bonds is 6. The molecule has 2 aromatic rings. The predicted molar refractivity (Wildman–Crippen MR) is 75.0 cm³/mol. The lowest BCUT2D eigenvalue weighted by atomic mass is 10.0. The molecule has 1 atom stereocenters. The third kappa shape index (κ3) is 2.79. The highest BCUT2D eigenvalue weighted by atomic mass is 16.5. The molecule has 2 rings (SSSR count). The van der Waals surface area contributed by atoms with E-state index in [0.29, 0.717) is 23.9 Å². The largest absolute Gasteiger partial charge is 0.496 e. The first kappa shape index (κ1) is 14.4. The molecule has 0 radical (unpaired) electrons. The van der Waals surface area contributed by atoms with Crippen LogP contribution in [0.2, 0.25) is 0 Å². The summed E-state index contributed by atoms with van der Waals surface area (Å²) in [6.07, 6.45) is 0. The van der Waals surface area contributed by atoms with Crippen LogP contribution in [0.15, 0.2) is 34.7 Å². The van der Waals surface area contributed by atoms with Crippen LogP contribution >= 0.6 is 0 Å². The molecule has 0 saturated heterocycles. The van der Waals surface area contributed by atoms with Crippen LogP contribution in [-0.2, 0) is 11.3 Å². The molecule has 1 aromatic carbocycles. The highest BCUT2D eigenvalue weighted by molar-refractivity contribution is 5.49. The molecule has 0 amide bonds. The predicted octanol–water partition coefficient (Wildman–Crippen LogP) is 2.49. The second-order valence-electron chi connectivity index (χ2n) is 4.29. The Balaban J connectivity index is 2.38. The van der Waals surface area contributed by atoms with Gasteiger partial charge in [0.1, 0.15) is 29.6 Å². The van der Waals surface area contributed by atoms with Crippen molar-refractivity contribution in [2.24, 2.45) is 5.73 Å². The lowest BCUT2D eigenvalue weighted by Crippen LogP contribution is -2.13. The number of ether oxygens (including phenoxy) is 3. The van der Waals surface area contributed by atoms with Gasteiger partial charge in [0.05, 0.1) is 25.8 Å². The summed E-state index contributed by atoms with van der Waals surface area (Å²) in [5.74, 6) is 2.70. The normalized spacial score (nSPS) is 12.2. The van der Waals surface area contributed by atoms with Gasteiger partial charge < -0.3 is 24.4 Å². The molecule has 0 bridgehead atoms. The summed E-state index contributed by atoms with van der Waals surface area (Å²) in [4.78, 5) is 0. The van der Waals surface area contributed by atoms with Gasteiger partial charge in [-0.1, -0.05) is 6.07 Å². The van der Waals surface area contributed by atoms with E-state index in [0.717, 1.165) is 11.3 Å². The monoisotopic (exact) mass is 277 g/mol. The summed E-state index contributed by atoms with van der Waals surface area (Å²) < 4.78 is 21.4. The molecule has 2 N–H and O–H groups in total. The van der Waals surface area contributed by atoms with Gasteiger partial charge in [0, 0.05) is 7.11 Å². The molecular weight excluding hydrogens is 258 g/mol. The maximum absolute atomic E-state index is 6.28. The van der Waals surface area contributed by atoms with Gasteiger partial charge in [-0.15, -0.1) is 0 Å². The fourth-order valence-corrected chi connectivity index (χ4v) is 2.11. The van der Waals surface area contributed by atoms with Crippen molar-refractivity contribution in [1.82, 2.24) is 0 Å². The molecule has 5 heteroatoms. The van der Waals surface area contributed by atoms with Crippen molar-refractivity contribution in [3.8, 4) is 11.5 Å². The number of benzene rings is 1. The molecule has 5 nitrogen and oxygen atoms in total. The first-order valence-corrected chi connectivity index (χ1v) is 6.25. The highest BCUT2D eigenvalue weighted by Gasteiger charge is 2.21. The average molecular weight is 277 g/mol. The number of nitrogens with two attached hydrogens (primary N) is 1. The summed E-state index contributed by atoms with van der Waals surface area (Å²) in [6, 6.07) is 8.76. The second kappa shape index (κ2) is 6.45. The average Bonchev–Trinajstić information content (AvgIpc) is 2.94. The van der Waals surface area contributed by atoms with Crippen LogP contribution in [0.5, 0.6) is 11.5 Å². The van der Waals surface area contributed by atoms with Crippen molar-refractivity contribution in [3.05, 3.63) is 47.4 Å². The van der Waals surface area contributed by atoms with E-state index in [1.54, 1.807) is 21.3 Å². The fraction of sp³-hybridized carbons (Fsp3) is 0.333. The number of methoxy groups -OCH3 is 3. The van der Waals surface area contributed by atoms with Crippen molar-refractivity contribution in [1.29, 1.82) is 0 Å². The molecular formula is C15H19NO4. The smallest absolute Gasteiger partial charge is 0.129 e. The molecule has 0 saturated carbocycles. The van der Waals surface area contributed by atoms with Gasteiger partial charge >= 0.3 is 0 Å². The van der Waals surface area contributed by atoms with E-state index < -0.39 is 6.04 Å². The molecule has 0 aliphatic heterocycles. The second-order valence-corrected chi connectivity index (χ2v) is 4.29. The summed E-state index contributed by atoms with van der Waals surface area (Å²) in [5.41, 5.74) is 7.04. The zero-order valence-corrected chi connectivity index (χ0v) is 11.9. The van der Waals surface area contributed by atoms with Gasteiger partial charge in [0.25, 0.3) is 0 Å². The molecule has 1 heterocycles. The van der Waals surface area contributed by atoms with Crippen molar-refractivity contribution < 1.29 is 18.6 Å². The van der Waals surface area contributed by atoms with Crippen molar-refractivity contribution in [3.63, 3.8) is 0 Å². The van der Waals surface area contributed by atoms with E-state index in [1.165, 1.54) is 0 Å². The van der Waals surface area contributed by atoms with Crippen LogP contribution in [0.3, 0.4) is 0 Å². The zero-order chi connectivity index (χ0) is 14.5. The van der Waals surface area contributed by atoms with Crippen molar-refractivity contribution in [2.45, 2.75) is 12.6 Å². The lowest BCUT2D eigenvalue weighted by Gasteiger charge is -2.17. The van der Waals surface area contributed by atoms with Gasteiger partial charge in [-0.05, 0) is 24.3 Å². The third-order valence-corrected chi connectivity index (χ3v) is 3.05. The van der Waals surface area contributed by atoms with Crippen LogP contribution in [0.25, 0.3) is 0 Å². The van der Waals surface area contributed by atoms with E-state index in [9.17, 15) is 0 Å². The summed E-state index contributed by atoms with van der Waals surface area (Å²) in [7, 11) is 4.82. The molecule has 0 spiro atoms. The number of hydrogen-bond donors (Lipinski definition) is 1. The van der Waals surface area contributed by atoms with E-state index in [2.05, 4.69) is 0 Å². The first-order valence-electron chi connectivity index (χ1n) is 6.25. The Morgan fingerprint density at radius 2 is 1.70 bits per heavy atom. The topological polar surface area (TPSA) is 66.9 Å². The van der Waals surface area contributed by atoms with Crippen LogP contribution < -0.4 is 15.2 Å². The maximum Gasteiger partial charge on any atom is 0.129 e. The Hall–Kier alpha value is -1.98. The van der Waals surface area contributed by atoms with Gasteiger partial charge in [-0.3, -0.25) is 0 Å². The minimum atomic E-state index is -0.466.